The summed E-state index contributed by atoms with van der Waals surface area (Å²) in [5.74, 6) is -1.87. The summed E-state index contributed by atoms with van der Waals surface area (Å²) in [7, 11) is 0. The fourth-order valence-electron chi connectivity index (χ4n) is 1.57. The van der Waals surface area contributed by atoms with Gasteiger partial charge in [0.1, 0.15) is 6.61 Å². The van der Waals surface area contributed by atoms with Crippen LogP contribution < -0.4 is 0 Å². The molecule has 0 aromatic rings. The van der Waals surface area contributed by atoms with Gasteiger partial charge in [-0.15, -0.1) is 0 Å². The van der Waals surface area contributed by atoms with E-state index in [9.17, 15) is 14.4 Å². The summed E-state index contributed by atoms with van der Waals surface area (Å²) in [6.07, 6.45) is -0.578. The van der Waals surface area contributed by atoms with Gasteiger partial charge in [0.15, 0.2) is 11.6 Å². The van der Waals surface area contributed by atoms with Crippen molar-refractivity contribution < 1.29 is 50.1 Å². The molecular formula is C13H22O5Zr. The molecule has 0 spiro atoms. The van der Waals surface area contributed by atoms with Gasteiger partial charge in [-0.05, 0) is 41.5 Å². The molecular weight excluding hydrogens is 327 g/mol. The normalized spacial score (nSPS) is 11.4. The molecule has 0 fully saturated rings. The molecule has 0 aromatic heterocycles. The van der Waals surface area contributed by atoms with Crippen molar-refractivity contribution in [2.24, 2.45) is 0 Å². The van der Waals surface area contributed by atoms with Crippen LogP contribution in [0.15, 0.2) is 0 Å². The van der Waals surface area contributed by atoms with Crippen molar-refractivity contribution >= 4 is 17.3 Å². The average molecular weight is 350 g/mol. The van der Waals surface area contributed by atoms with Crippen molar-refractivity contribution in [1.82, 2.24) is 0 Å². The van der Waals surface area contributed by atoms with Crippen LogP contribution in [-0.2, 0) is 50.1 Å². The van der Waals surface area contributed by atoms with E-state index in [1.807, 2.05) is 0 Å². The third-order valence-electron chi connectivity index (χ3n) is 2.34. The molecule has 19 heavy (non-hydrogen) atoms. The number of carbonyl (C=O) groups excluding carboxylic acids is 3. The van der Waals surface area contributed by atoms with E-state index >= 15 is 0 Å². The van der Waals surface area contributed by atoms with Crippen molar-refractivity contribution in [2.45, 2.75) is 59.4 Å². The molecule has 0 heterocycles. The number of ether oxygens (including phenoxy) is 2. The van der Waals surface area contributed by atoms with Gasteiger partial charge in [-0.3, -0.25) is 14.4 Å². The quantitative estimate of drug-likeness (QED) is 0.618. The Hall–Kier alpha value is -0.187. The summed E-state index contributed by atoms with van der Waals surface area (Å²) in [4.78, 5) is 35.5. The number of carbonyl (C=O) groups is 3. The Morgan fingerprint density at radius 1 is 0.947 bits per heavy atom. The molecule has 108 valence electrons. The van der Waals surface area contributed by atoms with Gasteiger partial charge in [0.05, 0.1) is 12.2 Å². The molecule has 0 aliphatic carbocycles. The molecule has 0 saturated heterocycles. The number of hydrogen-bond acceptors (Lipinski definition) is 5. The molecule has 0 radical (unpaired) electrons. The smallest absolute Gasteiger partial charge is 0.244 e. The van der Waals surface area contributed by atoms with E-state index in [0.29, 0.717) is 0 Å². The molecule has 0 atom stereocenters. The van der Waals surface area contributed by atoms with Crippen LogP contribution >= 0.6 is 0 Å². The van der Waals surface area contributed by atoms with Crippen LogP contribution in [0.4, 0.5) is 0 Å². The first-order chi connectivity index (χ1) is 8.14. The summed E-state index contributed by atoms with van der Waals surface area (Å²) >= 11 is 0. The summed E-state index contributed by atoms with van der Waals surface area (Å²) in [5, 5.41) is 0. The number of rotatable bonds is 8. The van der Waals surface area contributed by atoms with Gasteiger partial charge in [0.2, 0.25) is 11.4 Å². The van der Waals surface area contributed by atoms with Crippen molar-refractivity contribution in [3.63, 3.8) is 0 Å². The molecule has 0 N–H and O–H groups in total. The summed E-state index contributed by atoms with van der Waals surface area (Å²) in [6.45, 7) is 8.89. The minimum absolute atomic E-state index is 0. The first kappa shape index (κ1) is 21.1. The third kappa shape index (κ3) is 5.76. The zero-order valence-corrected chi connectivity index (χ0v) is 14.9. The van der Waals surface area contributed by atoms with E-state index < -0.39 is 29.1 Å². The standard InChI is InChI=1S/C13H22O5.Zr/c1-8(2)17-7-12(16)13(10(5)14,11(6)15)18-9(3)4;/h8-9H,7H2,1-6H3;. The van der Waals surface area contributed by atoms with Crippen LogP contribution in [0.25, 0.3) is 0 Å². The Bertz CT molecular complexity index is 322. The largest absolute Gasteiger partial charge is 0.371 e. The second kappa shape index (κ2) is 8.88. The first-order valence-corrected chi connectivity index (χ1v) is 5.99. The molecule has 0 aliphatic rings. The Kier molecular flexibility index (Phi) is 9.87. The number of ketones is 3. The van der Waals surface area contributed by atoms with Gasteiger partial charge in [-0.1, -0.05) is 0 Å². The summed E-state index contributed by atoms with van der Waals surface area (Å²) in [5.41, 5.74) is -2.02. The van der Waals surface area contributed by atoms with Crippen molar-refractivity contribution in [3.05, 3.63) is 0 Å². The fourth-order valence-corrected chi connectivity index (χ4v) is 1.57. The minimum Gasteiger partial charge on any atom is -0.371 e. The van der Waals surface area contributed by atoms with Crippen molar-refractivity contribution in [3.8, 4) is 0 Å². The van der Waals surface area contributed by atoms with E-state index in [1.165, 1.54) is 13.8 Å². The van der Waals surface area contributed by atoms with E-state index in [2.05, 4.69) is 0 Å². The van der Waals surface area contributed by atoms with Crippen molar-refractivity contribution in [1.29, 1.82) is 0 Å². The average Bonchev–Trinajstić information content (AvgIpc) is 2.20. The van der Waals surface area contributed by atoms with Gasteiger partial charge in [0.25, 0.3) is 0 Å². The second-order valence-electron chi connectivity index (χ2n) is 4.74. The first-order valence-electron chi connectivity index (χ1n) is 5.99. The van der Waals surface area contributed by atoms with Gasteiger partial charge in [-0.2, -0.15) is 0 Å². The minimum atomic E-state index is -2.02. The zero-order valence-electron chi connectivity index (χ0n) is 12.4. The molecule has 0 rings (SSSR count). The fraction of sp³-hybridized carbons (Fsp3) is 0.769. The third-order valence-corrected chi connectivity index (χ3v) is 2.34. The number of hydrogen-bond donors (Lipinski definition) is 0. The van der Waals surface area contributed by atoms with Crippen LogP contribution in [0.1, 0.15) is 41.5 Å². The Morgan fingerprint density at radius 3 is 1.63 bits per heavy atom. The SMILES string of the molecule is CC(=O)C(OC(C)C)(C(C)=O)C(=O)COC(C)C.[Zr]. The summed E-state index contributed by atoms with van der Waals surface area (Å²) in [6, 6.07) is 0. The van der Waals surface area contributed by atoms with Crippen LogP contribution in [0.3, 0.4) is 0 Å². The molecule has 0 aliphatic heterocycles. The molecule has 5 nitrogen and oxygen atoms in total. The monoisotopic (exact) mass is 348 g/mol. The molecule has 0 saturated carbocycles. The summed E-state index contributed by atoms with van der Waals surface area (Å²) < 4.78 is 10.5. The van der Waals surface area contributed by atoms with E-state index in [0.717, 1.165) is 0 Å². The Labute approximate surface area is 133 Å². The topological polar surface area (TPSA) is 69.7 Å². The van der Waals surface area contributed by atoms with Crippen molar-refractivity contribution in [2.75, 3.05) is 6.61 Å². The van der Waals surface area contributed by atoms with Gasteiger partial charge in [0, 0.05) is 26.2 Å². The van der Waals surface area contributed by atoms with Gasteiger partial charge >= 0.3 is 0 Å². The Morgan fingerprint density at radius 2 is 1.37 bits per heavy atom. The molecule has 6 heteroatoms. The van der Waals surface area contributed by atoms with Crippen LogP contribution in [0, 0.1) is 0 Å². The molecule has 0 unspecified atom stereocenters. The second-order valence-corrected chi connectivity index (χ2v) is 4.74. The van der Waals surface area contributed by atoms with Crippen LogP contribution in [0.2, 0.25) is 0 Å². The molecule has 0 amide bonds. The maximum atomic E-state index is 12.1. The maximum Gasteiger partial charge on any atom is 0.244 e. The predicted molar refractivity (Wildman–Crippen MR) is 66.4 cm³/mol. The maximum absolute atomic E-state index is 12.1. The van der Waals surface area contributed by atoms with E-state index in [4.69, 9.17) is 9.47 Å². The van der Waals surface area contributed by atoms with Gasteiger partial charge in [-0.25, -0.2) is 0 Å². The predicted octanol–water partition coefficient (Wildman–Crippen LogP) is 1.32. The molecule has 0 aromatic carbocycles. The van der Waals surface area contributed by atoms with Crippen LogP contribution in [-0.4, -0.2) is 41.8 Å². The zero-order chi connectivity index (χ0) is 14.5. The van der Waals surface area contributed by atoms with E-state index in [1.54, 1.807) is 27.7 Å². The Balaban J connectivity index is 0. The van der Waals surface area contributed by atoms with Crippen LogP contribution in [0.5, 0.6) is 0 Å². The van der Waals surface area contributed by atoms with E-state index in [-0.39, 0.29) is 38.9 Å². The number of Topliss-reactive ketones (excluding diaryl/α,β-unsaturated/α-hetero) is 3. The van der Waals surface area contributed by atoms with Gasteiger partial charge < -0.3 is 9.47 Å². The molecule has 0 bridgehead atoms.